The summed E-state index contributed by atoms with van der Waals surface area (Å²) in [6.45, 7) is 2.31. The smallest absolute Gasteiger partial charge is 0.462 e. The van der Waals surface area contributed by atoms with E-state index in [0.717, 1.165) is 19.3 Å². The van der Waals surface area contributed by atoms with E-state index < -0.39 is 16.2 Å². The van der Waals surface area contributed by atoms with Crippen LogP contribution in [0.1, 0.15) is 26.2 Å². The summed E-state index contributed by atoms with van der Waals surface area (Å²) in [7, 11) is -4.13. The van der Waals surface area contributed by atoms with Crippen LogP contribution in [0.25, 0.3) is 0 Å². The zero-order chi connectivity index (χ0) is 11.3. The molecule has 0 saturated heterocycles. The van der Waals surface area contributed by atoms with Crippen LogP contribution in [0.2, 0.25) is 0 Å². The fourth-order valence-electron chi connectivity index (χ4n) is 0.975. The molecule has 0 N–H and O–H groups in total. The summed E-state index contributed by atoms with van der Waals surface area (Å²) < 4.78 is 35.0. The summed E-state index contributed by atoms with van der Waals surface area (Å²) in [5.41, 5.74) is 0. The maximum Gasteiger partial charge on any atom is 0.504 e. The first-order valence-corrected chi connectivity index (χ1v) is 5.88. The third-order valence-electron chi connectivity index (χ3n) is 1.66. The summed E-state index contributed by atoms with van der Waals surface area (Å²) in [6, 6.07) is 0. The Bertz CT molecular complexity index is 355. The molecule has 7 heteroatoms. The van der Waals surface area contributed by atoms with E-state index in [1.807, 2.05) is 6.92 Å². The van der Waals surface area contributed by atoms with Crippen molar-refractivity contribution in [1.82, 2.24) is 0 Å². The van der Waals surface area contributed by atoms with Crippen molar-refractivity contribution in [3.8, 4) is 0 Å². The molecule has 0 radical (unpaired) electrons. The predicted molar refractivity (Wildman–Crippen MR) is 49.7 cm³/mol. The van der Waals surface area contributed by atoms with Crippen molar-refractivity contribution in [1.29, 1.82) is 0 Å². The Labute approximate surface area is 88.1 Å². The van der Waals surface area contributed by atoms with Crippen LogP contribution in [-0.2, 0) is 28.3 Å². The van der Waals surface area contributed by atoms with Crippen LogP contribution in [0.3, 0.4) is 0 Å². The molecule has 1 aliphatic rings. The van der Waals surface area contributed by atoms with Gasteiger partial charge in [-0.15, -0.1) is 8.42 Å². The van der Waals surface area contributed by atoms with Crippen molar-refractivity contribution in [2.75, 3.05) is 6.61 Å². The highest BCUT2D eigenvalue weighted by Crippen LogP contribution is 2.22. The van der Waals surface area contributed by atoms with Crippen LogP contribution in [0.5, 0.6) is 0 Å². The van der Waals surface area contributed by atoms with Crippen molar-refractivity contribution < 1.29 is 26.3 Å². The molecule has 0 saturated carbocycles. The third kappa shape index (κ3) is 3.43. The summed E-state index contributed by atoms with van der Waals surface area (Å²) >= 11 is 0. The summed E-state index contributed by atoms with van der Waals surface area (Å²) in [5, 5.41) is 0. The number of carbonyl (C=O) groups excluding carboxylic acids is 1. The molecule has 0 spiro atoms. The molecule has 0 unspecified atom stereocenters. The fourth-order valence-corrected chi connectivity index (χ4v) is 1.65. The highest BCUT2D eigenvalue weighted by atomic mass is 32.3. The number of hydrogen-bond acceptors (Lipinski definition) is 6. The lowest BCUT2D eigenvalue weighted by Crippen LogP contribution is -2.01. The van der Waals surface area contributed by atoms with E-state index in [1.54, 1.807) is 0 Å². The fraction of sp³-hybridized carbons (Fsp3) is 0.625. The second-order valence-corrected chi connectivity index (χ2v) is 4.05. The molecule has 0 aliphatic carbocycles. The minimum atomic E-state index is -4.13. The van der Waals surface area contributed by atoms with Gasteiger partial charge in [0.2, 0.25) is 0 Å². The average molecular weight is 236 g/mol. The average Bonchev–Trinajstić information content (AvgIpc) is 2.48. The van der Waals surface area contributed by atoms with Crippen LogP contribution in [0, 0.1) is 0 Å². The first-order chi connectivity index (χ1) is 7.09. The largest absolute Gasteiger partial charge is 0.504 e. The molecule has 1 heterocycles. The van der Waals surface area contributed by atoms with Gasteiger partial charge in [0.15, 0.2) is 6.29 Å². The zero-order valence-electron chi connectivity index (χ0n) is 8.26. The number of carbonyl (C=O) groups is 1. The Kier molecular flexibility index (Phi) is 3.96. The number of allylic oxidation sites excluding steroid dienone is 1. The molecule has 0 fully saturated rings. The summed E-state index contributed by atoms with van der Waals surface area (Å²) in [4.78, 5) is 10.4. The van der Waals surface area contributed by atoms with Gasteiger partial charge in [-0.3, -0.25) is 4.79 Å². The SMILES string of the molecule is CCCCCOC1=C(C=O)OS(=O)(=O)O1. The maximum atomic E-state index is 10.8. The Morgan fingerprint density at radius 1 is 1.33 bits per heavy atom. The quantitative estimate of drug-likeness (QED) is 0.502. The molecule has 0 atom stereocenters. The van der Waals surface area contributed by atoms with Crippen molar-refractivity contribution in [3.63, 3.8) is 0 Å². The topological polar surface area (TPSA) is 78.9 Å². The summed E-state index contributed by atoms with van der Waals surface area (Å²) in [6.07, 6.45) is 2.96. The van der Waals surface area contributed by atoms with Crippen molar-refractivity contribution in [2.45, 2.75) is 26.2 Å². The molecule has 6 nitrogen and oxygen atoms in total. The van der Waals surface area contributed by atoms with E-state index in [9.17, 15) is 13.2 Å². The monoisotopic (exact) mass is 236 g/mol. The molecule has 0 amide bonds. The van der Waals surface area contributed by atoms with Gasteiger partial charge in [-0.05, 0) is 6.42 Å². The van der Waals surface area contributed by atoms with E-state index >= 15 is 0 Å². The van der Waals surface area contributed by atoms with Crippen LogP contribution in [0.15, 0.2) is 11.7 Å². The Balaban J connectivity index is 2.49. The van der Waals surface area contributed by atoms with Gasteiger partial charge in [0.25, 0.3) is 5.76 Å². The van der Waals surface area contributed by atoms with E-state index in [2.05, 4.69) is 8.37 Å². The second-order valence-electron chi connectivity index (χ2n) is 2.90. The first kappa shape index (κ1) is 11.8. The minimum absolute atomic E-state index is 0.236. The molecule has 15 heavy (non-hydrogen) atoms. The second kappa shape index (κ2) is 5.01. The zero-order valence-corrected chi connectivity index (χ0v) is 9.08. The lowest BCUT2D eigenvalue weighted by molar-refractivity contribution is -0.106. The third-order valence-corrected chi connectivity index (χ3v) is 2.40. The molecule has 86 valence electrons. The van der Waals surface area contributed by atoms with Gasteiger partial charge in [-0.1, -0.05) is 19.8 Å². The molecule has 0 bridgehead atoms. The van der Waals surface area contributed by atoms with E-state index in [0.29, 0.717) is 6.61 Å². The molecule has 1 aliphatic heterocycles. The van der Waals surface area contributed by atoms with E-state index in [4.69, 9.17) is 4.74 Å². The normalized spacial score (nSPS) is 18.2. The van der Waals surface area contributed by atoms with Gasteiger partial charge < -0.3 is 13.1 Å². The van der Waals surface area contributed by atoms with E-state index in [1.165, 1.54) is 0 Å². The standard InChI is InChI=1S/C8H12O6S/c1-2-3-4-5-12-8-7(6-9)13-15(10,11)14-8/h6H,2-5H2,1H3. The van der Waals surface area contributed by atoms with Crippen LogP contribution < -0.4 is 0 Å². The van der Waals surface area contributed by atoms with Gasteiger partial charge in [-0.25, -0.2) is 0 Å². The lowest BCUT2D eigenvalue weighted by atomic mass is 10.3. The van der Waals surface area contributed by atoms with Gasteiger partial charge >= 0.3 is 16.3 Å². The number of unbranched alkanes of at least 4 members (excludes halogenated alkanes) is 2. The molecular formula is C8H12O6S. The van der Waals surface area contributed by atoms with Gasteiger partial charge in [-0.2, -0.15) is 0 Å². The highest BCUT2D eigenvalue weighted by Gasteiger charge is 2.32. The molecule has 0 aromatic rings. The van der Waals surface area contributed by atoms with Crippen molar-refractivity contribution in [2.24, 2.45) is 0 Å². The maximum absolute atomic E-state index is 10.8. The number of aldehydes is 1. The van der Waals surface area contributed by atoms with Crippen molar-refractivity contribution in [3.05, 3.63) is 11.7 Å². The van der Waals surface area contributed by atoms with Crippen LogP contribution in [0.4, 0.5) is 0 Å². The minimum Gasteiger partial charge on any atom is -0.462 e. The molecular weight excluding hydrogens is 224 g/mol. The number of hydrogen-bond donors (Lipinski definition) is 0. The first-order valence-electron chi connectivity index (χ1n) is 4.55. The Morgan fingerprint density at radius 2 is 2.07 bits per heavy atom. The highest BCUT2D eigenvalue weighted by molar-refractivity contribution is 7.82. The van der Waals surface area contributed by atoms with Gasteiger partial charge in [0.05, 0.1) is 6.61 Å². The number of rotatable bonds is 6. The van der Waals surface area contributed by atoms with E-state index in [-0.39, 0.29) is 12.2 Å². The van der Waals surface area contributed by atoms with Crippen LogP contribution >= 0.6 is 0 Å². The Hall–Kier alpha value is -1.24. The van der Waals surface area contributed by atoms with Crippen LogP contribution in [-0.4, -0.2) is 21.3 Å². The molecule has 1 rings (SSSR count). The van der Waals surface area contributed by atoms with Crippen molar-refractivity contribution >= 4 is 16.7 Å². The van der Waals surface area contributed by atoms with Gasteiger partial charge in [0, 0.05) is 0 Å². The number of ether oxygens (including phenoxy) is 1. The predicted octanol–water partition coefficient (Wildman–Crippen LogP) is 0.853. The molecule has 0 aromatic heterocycles. The Morgan fingerprint density at radius 3 is 2.67 bits per heavy atom. The van der Waals surface area contributed by atoms with Gasteiger partial charge in [0.1, 0.15) is 0 Å². The summed E-state index contributed by atoms with van der Waals surface area (Å²) in [5.74, 6) is -0.812. The lowest BCUT2D eigenvalue weighted by Gasteiger charge is -2.02. The molecule has 0 aromatic carbocycles.